The van der Waals surface area contributed by atoms with Gasteiger partial charge in [0.2, 0.25) is 5.91 Å². The van der Waals surface area contributed by atoms with Crippen LogP contribution in [0.25, 0.3) is 5.65 Å². The molecule has 2 aromatic heterocycles. The number of fused-ring (bicyclic) bond motifs is 1. The minimum Gasteiger partial charge on any atom is -0.378 e. The Bertz CT molecular complexity index is 927. The highest BCUT2D eigenvalue weighted by atomic mass is 16.5. The molecule has 8 nitrogen and oxygen atoms in total. The molecule has 1 saturated heterocycles. The summed E-state index contributed by atoms with van der Waals surface area (Å²) in [7, 11) is 0. The van der Waals surface area contributed by atoms with Crippen molar-refractivity contribution in [1.29, 1.82) is 0 Å². The molecule has 4 rings (SSSR count). The van der Waals surface area contributed by atoms with Gasteiger partial charge in [-0.05, 0) is 25.0 Å². The molecule has 2 amide bonds. The van der Waals surface area contributed by atoms with Crippen LogP contribution in [-0.2, 0) is 9.53 Å². The van der Waals surface area contributed by atoms with Gasteiger partial charge >= 0.3 is 0 Å². The largest absolute Gasteiger partial charge is 0.378 e. The summed E-state index contributed by atoms with van der Waals surface area (Å²) in [6, 6.07) is 3.30. The SMILES string of the molecule is O=C(Nc1cnc2ccc(C(=O)N3CCOCC3)cn2c1=O)C1CCCC1. The summed E-state index contributed by atoms with van der Waals surface area (Å²) in [5.41, 5.74) is 0.591. The highest BCUT2D eigenvalue weighted by Crippen LogP contribution is 2.25. The zero-order chi connectivity index (χ0) is 18.8. The van der Waals surface area contributed by atoms with E-state index in [1.165, 1.54) is 16.8 Å². The molecule has 0 aromatic carbocycles. The summed E-state index contributed by atoms with van der Waals surface area (Å²) in [6.07, 6.45) is 6.67. The topological polar surface area (TPSA) is 93.0 Å². The molecule has 2 aliphatic rings. The summed E-state index contributed by atoms with van der Waals surface area (Å²) >= 11 is 0. The van der Waals surface area contributed by atoms with Crippen LogP contribution in [0.4, 0.5) is 5.69 Å². The third-order valence-corrected chi connectivity index (χ3v) is 5.23. The number of ether oxygens (including phenoxy) is 1. The van der Waals surface area contributed by atoms with Crippen LogP contribution in [-0.4, -0.2) is 52.4 Å². The molecular formula is C19H22N4O4. The van der Waals surface area contributed by atoms with Gasteiger partial charge in [-0.1, -0.05) is 12.8 Å². The van der Waals surface area contributed by atoms with Crippen LogP contribution < -0.4 is 10.9 Å². The number of hydrogen-bond donors (Lipinski definition) is 1. The fourth-order valence-corrected chi connectivity index (χ4v) is 3.66. The number of carbonyl (C=O) groups is 2. The molecule has 0 radical (unpaired) electrons. The summed E-state index contributed by atoms with van der Waals surface area (Å²) in [4.78, 5) is 43.7. The summed E-state index contributed by atoms with van der Waals surface area (Å²) < 4.78 is 6.59. The molecule has 1 aliphatic heterocycles. The molecule has 0 unspecified atom stereocenters. The molecule has 2 fully saturated rings. The van der Waals surface area contributed by atoms with Gasteiger partial charge in [0.25, 0.3) is 11.5 Å². The molecule has 3 heterocycles. The fraction of sp³-hybridized carbons (Fsp3) is 0.474. The normalized spacial score (nSPS) is 18.0. The first-order valence-corrected chi connectivity index (χ1v) is 9.33. The maximum Gasteiger partial charge on any atom is 0.281 e. The Hall–Kier alpha value is -2.74. The lowest BCUT2D eigenvalue weighted by Crippen LogP contribution is -2.40. The Morgan fingerprint density at radius 2 is 1.89 bits per heavy atom. The number of nitrogens with one attached hydrogen (secondary N) is 1. The van der Waals surface area contributed by atoms with Crippen molar-refractivity contribution in [3.05, 3.63) is 40.4 Å². The Balaban J connectivity index is 1.61. The van der Waals surface area contributed by atoms with Crippen LogP contribution in [0.3, 0.4) is 0 Å². The number of aromatic nitrogens is 2. The molecule has 27 heavy (non-hydrogen) atoms. The predicted octanol–water partition coefficient (Wildman–Crippen LogP) is 1.30. The van der Waals surface area contributed by atoms with Crippen LogP contribution in [0, 0.1) is 5.92 Å². The zero-order valence-electron chi connectivity index (χ0n) is 15.0. The van der Waals surface area contributed by atoms with Crippen molar-refractivity contribution < 1.29 is 14.3 Å². The van der Waals surface area contributed by atoms with Gasteiger partial charge in [0.05, 0.1) is 25.0 Å². The molecule has 0 atom stereocenters. The van der Waals surface area contributed by atoms with Gasteiger partial charge in [-0.2, -0.15) is 0 Å². The summed E-state index contributed by atoms with van der Waals surface area (Å²) in [5.74, 6) is -0.321. The zero-order valence-corrected chi connectivity index (χ0v) is 15.0. The first-order valence-electron chi connectivity index (χ1n) is 9.33. The summed E-state index contributed by atoms with van der Waals surface area (Å²) in [6.45, 7) is 2.08. The number of hydrogen-bond acceptors (Lipinski definition) is 5. The van der Waals surface area contributed by atoms with E-state index in [1.54, 1.807) is 17.0 Å². The second kappa shape index (κ2) is 7.48. The van der Waals surface area contributed by atoms with Crippen LogP contribution >= 0.6 is 0 Å². The monoisotopic (exact) mass is 370 g/mol. The average molecular weight is 370 g/mol. The lowest BCUT2D eigenvalue weighted by molar-refractivity contribution is -0.119. The van der Waals surface area contributed by atoms with E-state index >= 15 is 0 Å². The first-order chi connectivity index (χ1) is 13.1. The molecule has 0 bridgehead atoms. The van der Waals surface area contributed by atoms with E-state index in [0.717, 1.165) is 25.7 Å². The minimum absolute atomic E-state index is 0.0423. The van der Waals surface area contributed by atoms with Gasteiger partial charge in [0.15, 0.2) is 0 Å². The van der Waals surface area contributed by atoms with Crippen LogP contribution in [0.2, 0.25) is 0 Å². The predicted molar refractivity (Wildman–Crippen MR) is 98.8 cm³/mol. The van der Waals surface area contributed by atoms with Gasteiger partial charge in [0, 0.05) is 25.2 Å². The minimum atomic E-state index is -0.386. The molecule has 2 aromatic rings. The number of rotatable bonds is 3. The van der Waals surface area contributed by atoms with Gasteiger partial charge in [0.1, 0.15) is 11.3 Å². The molecule has 0 spiro atoms. The number of morpholine rings is 1. The summed E-state index contributed by atoms with van der Waals surface area (Å²) in [5, 5.41) is 2.71. The van der Waals surface area contributed by atoms with Crippen molar-refractivity contribution in [2.24, 2.45) is 5.92 Å². The van der Waals surface area contributed by atoms with Crippen molar-refractivity contribution in [3.8, 4) is 0 Å². The average Bonchev–Trinajstić information content (AvgIpc) is 3.25. The van der Waals surface area contributed by atoms with E-state index in [-0.39, 0.29) is 29.0 Å². The second-order valence-electron chi connectivity index (χ2n) is 7.00. The van der Waals surface area contributed by atoms with Crippen LogP contribution in [0.1, 0.15) is 36.0 Å². The van der Waals surface area contributed by atoms with Crippen molar-refractivity contribution in [2.45, 2.75) is 25.7 Å². The van der Waals surface area contributed by atoms with Gasteiger partial charge < -0.3 is 15.0 Å². The molecule has 8 heteroatoms. The third kappa shape index (κ3) is 3.57. The number of carbonyl (C=O) groups excluding carboxylic acids is 2. The molecule has 142 valence electrons. The maximum absolute atomic E-state index is 12.8. The Morgan fingerprint density at radius 1 is 1.15 bits per heavy atom. The molecule has 1 aliphatic carbocycles. The van der Waals surface area contributed by atoms with E-state index in [1.807, 2.05) is 0 Å². The third-order valence-electron chi connectivity index (χ3n) is 5.23. The van der Waals surface area contributed by atoms with E-state index in [9.17, 15) is 14.4 Å². The Morgan fingerprint density at radius 3 is 2.63 bits per heavy atom. The quantitative estimate of drug-likeness (QED) is 0.879. The van der Waals surface area contributed by atoms with E-state index in [0.29, 0.717) is 37.5 Å². The smallest absolute Gasteiger partial charge is 0.281 e. The van der Waals surface area contributed by atoms with Crippen molar-refractivity contribution in [2.75, 3.05) is 31.6 Å². The van der Waals surface area contributed by atoms with Gasteiger partial charge in [-0.3, -0.25) is 18.8 Å². The molecule has 1 saturated carbocycles. The van der Waals surface area contributed by atoms with Crippen molar-refractivity contribution >= 4 is 23.1 Å². The van der Waals surface area contributed by atoms with Gasteiger partial charge in [-0.25, -0.2) is 4.98 Å². The number of nitrogens with zero attached hydrogens (tertiary/aromatic N) is 3. The number of pyridine rings is 1. The van der Waals surface area contributed by atoms with E-state index in [2.05, 4.69) is 10.3 Å². The highest BCUT2D eigenvalue weighted by Gasteiger charge is 2.24. The lowest BCUT2D eigenvalue weighted by Gasteiger charge is -2.26. The van der Waals surface area contributed by atoms with Crippen LogP contribution in [0.5, 0.6) is 0 Å². The fourth-order valence-electron chi connectivity index (χ4n) is 3.66. The van der Waals surface area contributed by atoms with Gasteiger partial charge in [-0.15, -0.1) is 0 Å². The second-order valence-corrected chi connectivity index (χ2v) is 7.00. The molecular weight excluding hydrogens is 348 g/mol. The van der Waals surface area contributed by atoms with E-state index in [4.69, 9.17) is 4.74 Å². The van der Waals surface area contributed by atoms with Crippen molar-refractivity contribution in [3.63, 3.8) is 0 Å². The molecule has 1 N–H and O–H groups in total. The van der Waals surface area contributed by atoms with Crippen molar-refractivity contribution in [1.82, 2.24) is 14.3 Å². The lowest BCUT2D eigenvalue weighted by atomic mass is 10.1. The standard InChI is InChI=1S/C19H22N4O4/c24-17(13-3-1-2-4-13)21-15-11-20-16-6-5-14(12-23(16)19(15)26)18(25)22-7-9-27-10-8-22/h5-6,11-13H,1-4,7-10H2,(H,21,24). The number of amides is 2. The Kier molecular flexibility index (Phi) is 4.89. The first kappa shape index (κ1) is 17.7. The maximum atomic E-state index is 12.8. The highest BCUT2D eigenvalue weighted by molar-refractivity contribution is 5.94. The number of anilines is 1. The Labute approximate surface area is 156 Å². The van der Waals surface area contributed by atoms with E-state index < -0.39 is 0 Å². The van der Waals surface area contributed by atoms with Crippen LogP contribution in [0.15, 0.2) is 29.3 Å².